The molecule has 1 radical (unpaired) electrons. The predicted octanol–water partition coefficient (Wildman–Crippen LogP) is 11.3. The third kappa shape index (κ3) is 8.89. The number of hydrogen-bond acceptors (Lipinski definition) is 4. The number of aromatic nitrogens is 2. The van der Waals surface area contributed by atoms with Crippen LogP contribution in [-0.4, -0.2) is 20.9 Å². The second-order valence-corrected chi connectivity index (χ2v) is 14.2. The van der Waals surface area contributed by atoms with E-state index >= 15 is 0 Å². The van der Waals surface area contributed by atoms with Gasteiger partial charge < -0.3 is 5.11 Å². The van der Waals surface area contributed by atoms with Crippen LogP contribution in [-0.2, 0) is 24.9 Å². The molecule has 4 nitrogen and oxygen atoms in total. The zero-order valence-electron chi connectivity index (χ0n) is 29.7. The summed E-state index contributed by atoms with van der Waals surface area (Å²) in [5, 5.41) is 13.5. The minimum atomic E-state index is -0.377. The van der Waals surface area contributed by atoms with Gasteiger partial charge in [0.1, 0.15) is 11.6 Å². The van der Waals surface area contributed by atoms with Crippen LogP contribution in [0, 0.1) is 37.7 Å². The number of aliphatic hydroxyl groups is 1. The van der Waals surface area contributed by atoms with Gasteiger partial charge >= 0.3 is 0 Å². The molecule has 0 amide bonds. The van der Waals surface area contributed by atoms with Crippen LogP contribution < -0.4 is 0 Å². The molecule has 245 valence electrons. The van der Waals surface area contributed by atoms with Crippen LogP contribution in [0.15, 0.2) is 48.2 Å². The molecule has 0 atom stereocenters. The summed E-state index contributed by atoms with van der Waals surface area (Å²) in [7, 11) is 0. The maximum Gasteiger partial charge on any atom is 0.164 e. The Kier molecular flexibility index (Phi) is 12.9. The summed E-state index contributed by atoms with van der Waals surface area (Å²) in [5.74, 6) is 1.92. The number of rotatable bonds is 8. The number of carbonyl (C=O) groups excluding carboxylic acids is 1. The third-order valence-electron chi connectivity index (χ3n) is 9.03. The first kappa shape index (κ1) is 38.3. The number of ketones is 1. The second kappa shape index (κ2) is 15.1. The first-order valence-corrected chi connectivity index (χ1v) is 16.1. The Labute approximate surface area is 285 Å². The van der Waals surface area contributed by atoms with Crippen molar-refractivity contribution in [2.24, 2.45) is 10.8 Å². The molecule has 1 N–H and O–H groups in total. The number of carbonyl (C=O) groups is 1. The number of allylic oxidation sites excluding steroid dienone is 2. The number of aryl methyl sites for hydroxylation is 3. The number of nitrogens with zero attached hydrogens (tertiary/aromatic N) is 2. The van der Waals surface area contributed by atoms with Gasteiger partial charge in [-0.2, -0.15) is 0 Å². The summed E-state index contributed by atoms with van der Waals surface area (Å²) < 4.78 is 0. The first-order valence-electron chi connectivity index (χ1n) is 16.1. The zero-order chi connectivity index (χ0) is 33.1. The quantitative estimate of drug-likeness (QED) is 0.0836. The Morgan fingerprint density at radius 3 is 2.04 bits per heavy atom. The number of hydrogen-bond donors (Lipinski definition) is 1. The predicted molar refractivity (Wildman–Crippen MR) is 188 cm³/mol. The Balaban J connectivity index is 0.000000378. The molecular weight excluding hydrogens is 733 g/mol. The van der Waals surface area contributed by atoms with Crippen LogP contribution in [0.2, 0.25) is 0 Å². The molecule has 4 aromatic rings. The summed E-state index contributed by atoms with van der Waals surface area (Å²) in [4.78, 5) is 21.6. The first-order chi connectivity index (χ1) is 20.4. The molecule has 0 unspecified atom stereocenters. The Bertz CT molecular complexity index is 1680. The van der Waals surface area contributed by atoms with Crippen LogP contribution in [0.3, 0.4) is 0 Å². The van der Waals surface area contributed by atoms with E-state index in [0.717, 1.165) is 46.4 Å². The van der Waals surface area contributed by atoms with E-state index in [2.05, 4.69) is 84.0 Å². The van der Waals surface area contributed by atoms with Gasteiger partial charge in [-0.25, -0.2) is 4.98 Å². The standard InChI is InChI=1S/C27H29N2.C13H24O2.Ir/c1-15(2)21-13-20-8-9-23-26(22-11-17(5)10-18(6)12-22)28-19(7)29-27(23)25(20)24(14-21)16(3)4;1-7-12(3,4)10(14)9-11(15)13(5,6)8-2;/h8-11,13-16H,1-7H3;9,14H,7-8H2,1-6H3;/q-1;;/b;10-9-;. The van der Waals surface area contributed by atoms with Gasteiger partial charge in [0.25, 0.3) is 0 Å². The van der Waals surface area contributed by atoms with Crippen molar-refractivity contribution in [2.45, 2.75) is 115 Å². The number of aliphatic hydroxyl groups excluding tert-OH is 1. The van der Waals surface area contributed by atoms with Crippen LogP contribution in [0.1, 0.15) is 122 Å². The van der Waals surface area contributed by atoms with Gasteiger partial charge in [0, 0.05) is 42.4 Å². The van der Waals surface area contributed by atoms with Crippen molar-refractivity contribution < 1.29 is 30.0 Å². The maximum absolute atomic E-state index is 11.8. The SMILES string of the molecule is CCC(C)(C)C(=O)/C=C(\O)C(C)(C)CC.Cc1[c-]c(-c2nc(C)nc3c2ccc2cc(C(C)C)cc(C(C)C)c23)cc(C)c1.[Ir]. The maximum atomic E-state index is 11.8. The van der Waals surface area contributed by atoms with Crippen LogP contribution >= 0.6 is 0 Å². The van der Waals surface area contributed by atoms with Crippen molar-refractivity contribution in [1.29, 1.82) is 0 Å². The molecule has 5 heteroatoms. The average Bonchev–Trinajstić information content (AvgIpc) is 2.95. The van der Waals surface area contributed by atoms with Crippen LogP contribution in [0.4, 0.5) is 0 Å². The van der Waals surface area contributed by atoms with E-state index in [9.17, 15) is 9.90 Å². The molecule has 1 aromatic heterocycles. The van der Waals surface area contributed by atoms with Gasteiger partial charge in [-0.1, -0.05) is 107 Å². The van der Waals surface area contributed by atoms with E-state index in [1.165, 1.54) is 33.5 Å². The van der Waals surface area contributed by atoms with Crippen molar-refractivity contribution >= 4 is 27.5 Å². The summed E-state index contributed by atoms with van der Waals surface area (Å²) in [6, 6.07) is 16.9. The van der Waals surface area contributed by atoms with Gasteiger partial charge in [0.2, 0.25) is 0 Å². The summed E-state index contributed by atoms with van der Waals surface area (Å²) >= 11 is 0. The fourth-order valence-electron chi connectivity index (χ4n) is 5.11. The Hall–Kier alpha value is -2.88. The van der Waals surface area contributed by atoms with E-state index < -0.39 is 0 Å². The topological polar surface area (TPSA) is 63.1 Å². The Morgan fingerprint density at radius 1 is 0.889 bits per heavy atom. The summed E-state index contributed by atoms with van der Waals surface area (Å²) in [5.41, 5.74) is 7.50. The molecule has 0 spiro atoms. The smallest absolute Gasteiger partial charge is 0.164 e. The largest absolute Gasteiger partial charge is 0.512 e. The third-order valence-corrected chi connectivity index (χ3v) is 9.03. The monoisotopic (exact) mass is 786 g/mol. The average molecular weight is 786 g/mol. The van der Waals surface area contributed by atoms with E-state index in [4.69, 9.17) is 9.97 Å². The second-order valence-electron chi connectivity index (χ2n) is 14.2. The van der Waals surface area contributed by atoms with Gasteiger partial charge in [-0.15, -0.1) is 34.9 Å². The zero-order valence-corrected chi connectivity index (χ0v) is 32.1. The van der Waals surface area contributed by atoms with E-state index in [1.54, 1.807) is 0 Å². The minimum Gasteiger partial charge on any atom is -0.512 e. The molecule has 0 aliphatic rings. The Morgan fingerprint density at radius 2 is 1.51 bits per heavy atom. The van der Waals surface area contributed by atoms with Crippen molar-refractivity contribution in [3.63, 3.8) is 0 Å². The van der Waals surface area contributed by atoms with E-state index in [0.29, 0.717) is 11.8 Å². The van der Waals surface area contributed by atoms with Gasteiger partial charge in [0.15, 0.2) is 5.78 Å². The molecule has 0 saturated carbocycles. The fourth-order valence-corrected chi connectivity index (χ4v) is 5.11. The van der Waals surface area contributed by atoms with Crippen molar-refractivity contribution in [3.8, 4) is 11.3 Å². The van der Waals surface area contributed by atoms with Crippen molar-refractivity contribution in [2.75, 3.05) is 0 Å². The number of fused-ring (bicyclic) bond motifs is 3. The molecule has 0 bridgehead atoms. The van der Waals surface area contributed by atoms with Gasteiger partial charge in [-0.3, -0.25) is 9.78 Å². The molecule has 4 rings (SSSR count). The molecular formula is C40H53IrN2O2-. The number of benzene rings is 3. The van der Waals surface area contributed by atoms with Crippen LogP contribution in [0.5, 0.6) is 0 Å². The van der Waals surface area contributed by atoms with E-state index in [-0.39, 0.29) is 42.5 Å². The van der Waals surface area contributed by atoms with Gasteiger partial charge in [-0.05, 0) is 59.2 Å². The molecule has 0 fully saturated rings. The fraction of sp³-hybridized carbons (Fsp3) is 0.475. The molecule has 0 aliphatic carbocycles. The molecule has 1 heterocycles. The normalized spacial score (nSPS) is 12.4. The minimum absolute atomic E-state index is 0. The molecule has 45 heavy (non-hydrogen) atoms. The molecule has 3 aromatic carbocycles. The van der Waals surface area contributed by atoms with Crippen LogP contribution in [0.25, 0.3) is 32.9 Å². The van der Waals surface area contributed by atoms with Gasteiger partial charge in [0.05, 0.1) is 5.52 Å². The van der Waals surface area contributed by atoms with Crippen molar-refractivity contribution in [1.82, 2.24) is 9.97 Å². The van der Waals surface area contributed by atoms with Crippen molar-refractivity contribution in [3.05, 3.63) is 82.4 Å². The summed E-state index contributed by atoms with van der Waals surface area (Å²) in [6.45, 7) is 26.9. The molecule has 0 aliphatic heterocycles. The summed E-state index contributed by atoms with van der Waals surface area (Å²) in [6.07, 6.45) is 2.99. The van der Waals surface area contributed by atoms with E-state index in [1.807, 2.05) is 48.5 Å². The molecule has 0 saturated heterocycles.